The standard InChI is InChI=1S/C10H18N2O4S/c1-3-5-6-17(15,16)12-7-9(13)11-10(14)8(12)4-2/h8H,3-7H2,1-2H3,(H,11,13,14). The number of sulfonamides is 1. The zero-order valence-electron chi connectivity index (χ0n) is 10.1. The maximum Gasteiger partial charge on any atom is 0.245 e. The van der Waals surface area contributed by atoms with Crippen LogP contribution in [0.5, 0.6) is 0 Å². The van der Waals surface area contributed by atoms with Crippen molar-refractivity contribution in [2.24, 2.45) is 0 Å². The second-order valence-corrected chi connectivity index (χ2v) is 6.09. The van der Waals surface area contributed by atoms with Gasteiger partial charge in [-0.15, -0.1) is 0 Å². The molecule has 2 amide bonds. The molecule has 1 aliphatic heterocycles. The molecular formula is C10H18N2O4S. The molecule has 1 heterocycles. The number of carbonyl (C=O) groups is 2. The van der Waals surface area contributed by atoms with E-state index in [4.69, 9.17) is 0 Å². The Kier molecular flexibility index (Phi) is 4.64. The summed E-state index contributed by atoms with van der Waals surface area (Å²) in [5.74, 6) is -1.09. The number of hydrogen-bond donors (Lipinski definition) is 1. The molecule has 1 saturated heterocycles. The Labute approximate surface area is 101 Å². The first-order valence-corrected chi connectivity index (χ1v) is 7.36. The molecule has 6 nitrogen and oxygen atoms in total. The van der Waals surface area contributed by atoms with Crippen LogP contribution in [-0.4, -0.2) is 42.9 Å². The van der Waals surface area contributed by atoms with E-state index < -0.39 is 27.9 Å². The summed E-state index contributed by atoms with van der Waals surface area (Å²) in [6.45, 7) is 3.36. The number of carbonyl (C=O) groups excluding carboxylic acids is 2. The maximum absolute atomic E-state index is 12.0. The number of imide groups is 1. The maximum atomic E-state index is 12.0. The first kappa shape index (κ1) is 14.1. The van der Waals surface area contributed by atoms with Crippen LogP contribution in [0.15, 0.2) is 0 Å². The Morgan fingerprint density at radius 2 is 2.00 bits per heavy atom. The number of amides is 2. The van der Waals surface area contributed by atoms with Crippen molar-refractivity contribution in [3.05, 3.63) is 0 Å². The Hall–Kier alpha value is -0.950. The Morgan fingerprint density at radius 3 is 2.53 bits per heavy atom. The number of rotatable bonds is 5. The summed E-state index contributed by atoms with van der Waals surface area (Å²) in [6, 6.07) is -0.755. The van der Waals surface area contributed by atoms with E-state index >= 15 is 0 Å². The van der Waals surface area contributed by atoms with Gasteiger partial charge in [0, 0.05) is 0 Å². The van der Waals surface area contributed by atoms with Gasteiger partial charge >= 0.3 is 0 Å². The molecule has 0 aliphatic carbocycles. The quantitative estimate of drug-likeness (QED) is 0.699. The molecule has 1 N–H and O–H groups in total. The molecule has 0 spiro atoms. The lowest BCUT2D eigenvalue weighted by atomic mass is 10.2. The molecule has 17 heavy (non-hydrogen) atoms. The fourth-order valence-corrected chi connectivity index (χ4v) is 3.60. The van der Waals surface area contributed by atoms with Gasteiger partial charge in [0.05, 0.1) is 12.3 Å². The van der Waals surface area contributed by atoms with E-state index in [1.54, 1.807) is 6.92 Å². The zero-order chi connectivity index (χ0) is 13.1. The third kappa shape index (κ3) is 3.26. The summed E-state index contributed by atoms with van der Waals surface area (Å²) < 4.78 is 25.0. The highest BCUT2D eigenvalue weighted by molar-refractivity contribution is 7.89. The van der Waals surface area contributed by atoms with Crippen molar-refractivity contribution in [1.82, 2.24) is 9.62 Å². The van der Waals surface area contributed by atoms with Gasteiger partial charge in [-0.2, -0.15) is 4.31 Å². The normalized spacial score (nSPS) is 22.6. The van der Waals surface area contributed by atoms with E-state index in [0.29, 0.717) is 12.8 Å². The molecule has 1 atom stereocenters. The Bertz CT molecular complexity index is 405. The first-order chi connectivity index (χ1) is 7.92. The van der Waals surface area contributed by atoms with Gasteiger partial charge in [0.2, 0.25) is 21.8 Å². The van der Waals surface area contributed by atoms with E-state index in [-0.39, 0.29) is 12.3 Å². The predicted molar refractivity (Wildman–Crippen MR) is 62.6 cm³/mol. The average molecular weight is 262 g/mol. The number of nitrogens with zero attached hydrogens (tertiary/aromatic N) is 1. The van der Waals surface area contributed by atoms with Crippen molar-refractivity contribution < 1.29 is 18.0 Å². The molecule has 1 fully saturated rings. The fourth-order valence-electron chi connectivity index (χ4n) is 1.77. The first-order valence-electron chi connectivity index (χ1n) is 5.75. The van der Waals surface area contributed by atoms with Gasteiger partial charge in [0.1, 0.15) is 6.04 Å². The summed E-state index contributed by atoms with van der Waals surface area (Å²) in [4.78, 5) is 22.8. The lowest BCUT2D eigenvalue weighted by Gasteiger charge is -2.32. The van der Waals surface area contributed by atoms with Crippen molar-refractivity contribution in [3.63, 3.8) is 0 Å². The summed E-state index contributed by atoms with van der Waals surface area (Å²) in [5.41, 5.74) is 0. The van der Waals surface area contributed by atoms with E-state index in [1.807, 2.05) is 6.92 Å². The molecule has 0 radical (unpaired) electrons. The fraction of sp³-hybridized carbons (Fsp3) is 0.800. The van der Waals surface area contributed by atoms with Gasteiger partial charge in [0.15, 0.2) is 0 Å². The van der Waals surface area contributed by atoms with Gasteiger partial charge < -0.3 is 0 Å². The highest BCUT2D eigenvalue weighted by atomic mass is 32.2. The topological polar surface area (TPSA) is 83.6 Å². The Balaban J connectivity index is 2.91. The molecule has 98 valence electrons. The largest absolute Gasteiger partial charge is 0.294 e. The molecule has 0 aromatic carbocycles. The van der Waals surface area contributed by atoms with Crippen molar-refractivity contribution in [2.45, 2.75) is 39.2 Å². The summed E-state index contributed by atoms with van der Waals surface area (Å²) in [5, 5.41) is 2.15. The predicted octanol–water partition coefficient (Wildman–Crippen LogP) is -0.147. The summed E-state index contributed by atoms with van der Waals surface area (Å²) >= 11 is 0. The van der Waals surface area contributed by atoms with Crippen molar-refractivity contribution in [1.29, 1.82) is 0 Å². The van der Waals surface area contributed by atoms with Crippen LogP contribution < -0.4 is 5.32 Å². The van der Waals surface area contributed by atoms with Gasteiger partial charge in [-0.3, -0.25) is 14.9 Å². The minimum absolute atomic E-state index is 0.0133. The lowest BCUT2D eigenvalue weighted by molar-refractivity contribution is -0.137. The highest BCUT2D eigenvalue weighted by Gasteiger charge is 2.39. The van der Waals surface area contributed by atoms with Crippen molar-refractivity contribution in [2.75, 3.05) is 12.3 Å². The monoisotopic (exact) mass is 262 g/mol. The molecule has 1 rings (SSSR count). The van der Waals surface area contributed by atoms with E-state index in [0.717, 1.165) is 10.7 Å². The van der Waals surface area contributed by atoms with Gasteiger partial charge in [-0.1, -0.05) is 20.3 Å². The molecular weight excluding hydrogens is 244 g/mol. The van der Waals surface area contributed by atoms with Crippen LogP contribution in [0.4, 0.5) is 0 Å². The van der Waals surface area contributed by atoms with E-state index in [1.165, 1.54) is 0 Å². The SMILES string of the molecule is CCCCS(=O)(=O)N1CC(=O)NC(=O)C1CC. The third-order valence-electron chi connectivity index (χ3n) is 2.71. The number of piperazine rings is 1. The van der Waals surface area contributed by atoms with Crippen molar-refractivity contribution >= 4 is 21.8 Å². The summed E-state index contributed by atoms with van der Waals surface area (Å²) in [6.07, 6.45) is 1.65. The molecule has 0 bridgehead atoms. The smallest absolute Gasteiger partial charge is 0.245 e. The molecule has 7 heteroatoms. The van der Waals surface area contributed by atoms with Gasteiger partial charge in [0.25, 0.3) is 0 Å². The Morgan fingerprint density at radius 1 is 1.35 bits per heavy atom. The number of nitrogens with one attached hydrogen (secondary N) is 1. The van der Waals surface area contributed by atoms with Crippen LogP contribution in [0, 0.1) is 0 Å². The molecule has 0 saturated carbocycles. The van der Waals surface area contributed by atoms with Crippen molar-refractivity contribution in [3.8, 4) is 0 Å². The van der Waals surface area contributed by atoms with Crippen LogP contribution in [0.2, 0.25) is 0 Å². The molecule has 1 aliphatic rings. The van der Waals surface area contributed by atoms with E-state index in [2.05, 4.69) is 5.32 Å². The minimum Gasteiger partial charge on any atom is -0.294 e. The molecule has 0 aromatic heterocycles. The summed E-state index contributed by atoms with van der Waals surface area (Å²) in [7, 11) is -3.52. The van der Waals surface area contributed by atoms with Crippen LogP contribution in [0.25, 0.3) is 0 Å². The van der Waals surface area contributed by atoms with Crippen LogP contribution in [0.3, 0.4) is 0 Å². The van der Waals surface area contributed by atoms with Crippen LogP contribution >= 0.6 is 0 Å². The zero-order valence-corrected chi connectivity index (χ0v) is 10.9. The number of hydrogen-bond acceptors (Lipinski definition) is 4. The molecule has 0 aromatic rings. The number of unbranched alkanes of at least 4 members (excludes halogenated alkanes) is 1. The second kappa shape index (κ2) is 5.59. The van der Waals surface area contributed by atoms with Gasteiger partial charge in [-0.05, 0) is 12.8 Å². The third-order valence-corrected chi connectivity index (χ3v) is 4.61. The average Bonchev–Trinajstić information content (AvgIpc) is 2.25. The minimum atomic E-state index is -3.52. The second-order valence-electron chi connectivity index (χ2n) is 4.05. The lowest BCUT2D eigenvalue weighted by Crippen LogP contribution is -2.59. The van der Waals surface area contributed by atoms with Gasteiger partial charge in [-0.25, -0.2) is 8.42 Å². The van der Waals surface area contributed by atoms with Crippen LogP contribution in [0.1, 0.15) is 33.1 Å². The van der Waals surface area contributed by atoms with E-state index in [9.17, 15) is 18.0 Å². The molecule has 1 unspecified atom stereocenters. The highest BCUT2D eigenvalue weighted by Crippen LogP contribution is 2.15. The van der Waals surface area contributed by atoms with Crippen LogP contribution in [-0.2, 0) is 19.6 Å².